The van der Waals surface area contributed by atoms with Crippen LogP contribution in [0.15, 0.2) is 97.4 Å². The number of amides is 3. The predicted octanol–water partition coefficient (Wildman–Crippen LogP) is 4.91. The fraction of sp³-hybridized carbons (Fsp3) is 0.237. The lowest BCUT2D eigenvalue weighted by Gasteiger charge is -2.22. The van der Waals surface area contributed by atoms with Gasteiger partial charge < -0.3 is 30.4 Å². The Balaban J connectivity index is 1.06. The van der Waals surface area contributed by atoms with Gasteiger partial charge in [0.25, 0.3) is 0 Å². The summed E-state index contributed by atoms with van der Waals surface area (Å²) in [6.45, 7) is 9.41. The summed E-state index contributed by atoms with van der Waals surface area (Å²) >= 11 is 0. The van der Waals surface area contributed by atoms with Crippen molar-refractivity contribution in [2.45, 2.75) is 24.9 Å². The lowest BCUT2D eigenvalue weighted by atomic mass is 9.98. The topological polar surface area (TPSA) is 139 Å². The van der Waals surface area contributed by atoms with Gasteiger partial charge in [-0.25, -0.2) is 9.97 Å². The second-order valence-electron chi connectivity index (χ2n) is 12.7. The van der Waals surface area contributed by atoms with Gasteiger partial charge in [-0.2, -0.15) is 0 Å². The monoisotopic (exact) mass is 654 g/mol. The van der Waals surface area contributed by atoms with Crippen molar-refractivity contribution in [1.29, 1.82) is 0 Å². The van der Waals surface area contributed by atoms with E-state index in [1.54, 1.807) is 11.9 Å². The number of rotatable bonds is 10. The van der Waals surface area contributed by atoms with Gasteiger partial charge in [-0.3, -0.25) is 14.4 Å². The summed E-state index contributed by atoms with van der Waals surface area (Å²) in [4.78, 5) is 55.8. The summed E-state index contributed by atoms with van der Waals surface area (Å²) < 4.78 is 0. The molecule has 49 heavy (non-hydrogen) atoms. The Hall–Kier alpha value is -5.81. The minimum atomic E-state index is -0.244. The van der Waals surface area contributed by atoms with Crippen LogP contribution in [-0.4, -0.2) is 81.2 Å². The second-order valence-corrected chi connectivity index (χ2v) is 12.7. The highest BCUT2D eigenvalue weighted by molar-refractivity contribution is 5.90. The number of H-pyrrole nitrogens is 2. The van der Waals surface area contributed by atoms with Crippen LogP contribution in [0.2, 0.25) is 0 Å². The van der Waals surface area contributed by atoms with Gasteiger partial charge in [0.05, 0.1) is 36.6 Å². The van der Waals surface area contributed by atoms with Gasteiger partial charge in [0.2, 0.25) is 18.2 Å². The highest BCUT2D eigenvalue weighted by Crippen LogP contribution is 2.36. The zero-order valence-electron chi connectivity index (χ0n) is 27.3. The number of aromatic nitrogens is 4. The largest absolute Gasteiger partial charge is 0.350 e. The molecule has 0 unspecified atom stereocenters. The summed E-state index contributed by atoms with van der Waals surface area (Å²) in [6.07, 6.45) is 5.62. The van der Waals surface area contributed by atoms with Crippen LogP contribution in [0.1, 0.15) is 36.6 Å². The molecule has 2 aliphatic heterocycles. The number of aromatic amines is 2. The molecular weight excluding hydrogens is 616 g/mol. The van der Waals surface area contributed by atoms with Gasteiger partial charge in [-0.05, 0) is 53.9 Å². The third-order valence-electron chi connectivity index (χ3n) is 9.29. The number of carbonyl (C=O) groups is 3. The molecule has 0 bridgehead atoms. The first-order valence-corrected chi connectivity index (χ1v) is 16.3. The maximum absolute atomic E-state index is 12.7. The summed E-state index contributed by atoms with van der Waals surface area (Å²) in [6, 6.07) is 20.7. The fourth-order valence-corrected chi connectivity index (χ4v) is 6.82. The molecule has 2 aliphatic rings. The highest BCUT2D eigenvalue weighted by Gasteiger charge is 2.35. The summed E-state index contributed by atoms with van der Waals surface area (Å²) in [5.41, 5.74) is 7.76. The summed E-state index contributed by atoms with van der Waals surface area (Å²) in [5.74, 6) is 1.34. The molecule has 4 N–H and O–H groups in total. The van der Waals surface area contributed by atoms with Crippen LogP contribution in [-0.2, 0) is 14.4 Å². The van der Waals surface area contributed by atoms with Crippen molar-refractivity contribution in [2.24, 2.45) is 0 Å². The molecule has 11 heteroatoms. The molecule has 0 spiro atoms. The maximum atomic E-state index is 12.7. The van der Waals surface area contributed by atoms with Crippen LogP contribution in [0.5, 0.6) is 0 Å². The van der Waals surface area contributed by atoms with E-state index < -0.39 is 0 Å². The first-order valence-electron chi connectivity index (χ1n) is 16.3. The van der Waals surface area contributed by atoms with Crippen LogP contribution in [0.25, 0.3) is 44.4 Å². The average molecular weight is 655 g/mol. The van der Waals surface area contributed by atoms with Crippen molar-refractivity contribution in [3.63, 3.8) is 0 Å². The molecule has 2 aromatic heterocycles. The van der Waals surface area contributed by atoms with Crippen molar-refractivity contribution in [3.8, 4) is 33.6 Å². The van der Waals surface area contributed by atoms with Gasteiger partial charge in [0.15, 0.2) is 0 Å². The molecule has 5 aromatic rings. The third kappa shape index (κ3) is 6.40. The van der Waals surface area contributed by atoms with E-state index in [0.717, 1.165) is 61.4 Å². The second kappa shape index (κ2) is 13.4. The molecule has 7 rings (SSSR count). The van der Waals surface area contributed by atoms with Crippen molar-refractivity contribution < 1.29 is 14.4 Å². The number of imidazole rings is 2. The minimum Gasteiger partial charge on any atom is -0.350 e. The number of likely N-dealkylation sites (tertiary alicyclic amines) is 2. The van der Waals surface area contributed by atoms with Crippen molar-refractivity contribution >= 4 is 29.0 Å². The molecule has 0 radical (unpaired) electrons. The Morgan fingerprint density at radius 3 is 1.82 bits per heavy atom. The van der Waals surface area contributed by atoms with E-state index in [-0.39, 0.29) is 37.0 Å². The lowest BCUT2D eigenvalue weighted by Crippen LogP contribution is -2.37. The van der Waals surface area contributed by atoms with Crippen LogP contribution in [0.4, 0.5) is 0 Å². The molecule has 4 heterocycles. The number of hydrogen-bond donors (Lipinski definition) is 4. The standard InChI is InChI=1S/C38H38N8O3/c1-23-12-33(45(20-23)35(48)18-39-3)38-42-17-32(44-38)30-11-10-28-14-27(8-9-29(28)15-30)25-4-6-26(7-5-25)31-16-41-37(43-31)34-13-24(2)21-46(34)36(49)19-40-22-47/h4-11,14-17,22,33-34,39H,1-2,12-13,18-21H2,3H3,(H,40,47)(H,41,43)(H,42,44)/t33-,34-/m0/s1. The Labute approximate surface area is 284 Å². The van der Waals surface area contributed by atoms with E-state index >= 15 is 0 Å². The highest BCUT2D eigenvalue weighted by atomic mass is 16.2. The molecule has 248 valence electrons. The summed E-state index contributed by atoms with van der Waals surface area (Å²) in [7, 11) is 1.77. The molecule has 3 aromatic carbocycles. The molecule has 0 aliphatic carbocycles. The van der Waals surface area contributed by atoms with Crippen LogP contribution >= 0.6 is 0 Å². The first kappa shape index (κ1) is 31.8. The molecule has 11 nitrogen and oxygen atoms in total. The zero-order valence-corrected chi connectivity index (χ0v) is 27.3. The Morgan fingerprint density at radius 1 is 0.755 bits per heavy atom. The molecule has 2 saturated heterocycles. The zero-order chi connectivity index (χ0) is 34.1. The first-order chi connectivity index (χ1) is 23.8. The molecule has 3 amide bonds. The van der Waals surface area contributed by atoms with E-state index in [9.17, 15) is 14.4 Å². The molecule has 2 atom stereocenters. The minimum absolute atomic E-state index is 0.0364. The van der Waals surface area contributed by atoms with Gasteiger partial charge in [0.1, 0.15) is 11.6 Å². The number of benzene rings is 3. The lowest BCUT2D eigenvalue weighted by molar-refractivity contribution is -0.132. The molecule has 2 fully saturated rings. The Morgan fingerprint density at radius 2 is 1.24 bits per heavy atom. The van der Waals surface area contributed by atoms with E-state index in [1.807, 2.05) is 17.3 Å². The van der Waals surface area contributed by atoms with Crippen LogP contribution in [0.3, 0.4) is 0 Å². The molecule has 0 saturated carbocycles. The Kier molecular flexibility index (Phi) is 8.66. The fourth-order valence-electron chi connectivity index (χ4n) is 6.82. The predicted molar refractivity (Wildman–Crippen MR) is 189 cm³/mol. The third-order valence-corrected chi connectivity index (χ3v) is 9.29. The van der Waals surface area contributed by atoms with E-state index in [1.165, 1.54) is 0 Å². The number of likely N-dealkylation sites (N-methyl/N-ethyl adjacent to an activating group) is 1. The number of carbonyl (C=O) groups excluding carboxylic acids is 3. The van der Waals surface area contributed by atoms with Gasteiger partial charge >= 0.3 is 0 Å². The molecular formula is C38H38N8O3. The number of fused-ring (bicyclic) bond motifs is 1. The van der Waals surface area contributed by atoms with E-state index in [2.05, 4.69) is 94.4 Å². The van der Waals surface area contributed by atoms with Crippen molar-refractivity contribution in [3.05, 3.63) is 109 Å². The van der Waals surface area contributed by atoms with Crippen LogP contribution < -0.4 is 10.6 Å². The number of nitrogens with one attached hydrogen (secondary N) is 4. The average Bonchev–Trinajstić information content (AvgIpc) is 3.93. The smallest absolute Gasteiger partial charge is 0.242 e. The summed E-state index contributed by atoms with van der Waals surface area (Å²) in [5, 5.41) is 7.62. The SMILES string of the molecule is C=C1C[C@@H](c2nc(-c3ccc4cc(-c5ccc(-c6c[nH]c([C@@H]7CC(=C)CN7C(=O)CNC=O)n6)cc5)ccc4c3)c[nH]2)N(C(=O)CNC)C1. The van der Waals surface area contributed by atoms with Crippen LogP contribution in [0, 0.1) is 0 Å². The normalized spacial score (nSPS) is 17.7. The Bertz CT molecular complexity index is 2080. The number of nitrogens with zero attached hydrogens (tertiary/aromatic N) is 4. The quantitative estimate of drug-likeness (QED) is 0.125. The van der Waals surface area contributed by atoms with Crippen molar-refractivity contribution in [2.75, 3.05) is 33.2 Å². The van der Waals surface area contributed by atoms with Crippen molar-refractivity contribution in [1.82, 2.24) is 40.4 Å². The van der Waals surface area contributed by atoms with Gasteiger partial charge in [0, 0.05) is 36.6 Å². The van der Waals surface area contributed by atoms with Gasteiger partial charge in [-0.15, -0.1) is 0 Å². The maximum Gasteiger partial charge on any atom is 0.242 e. The van der Waals surface area contributed by atoms with E-state index in [0.29, 0.717) is 38.2 Å². The van der Waals surface area contributed by atoms with E-state index in [4.69, 9.17) is 9.97 Å². The van der Waals surface area contributed by atoms with Gasteiger partial charge in [-0.1, -0.05) is 72.8 Å². The number of hydrogen-bond acceptors (Lipinski definition) is 6.